The fraction of sp³-hybridized carbons (Fsp3) is 0.516. The predicted molar refractivity (Wildman–Crippen MR) is 145 cm³/mol. The summed E-state index contributed by atoms with van der Waals surface area (Å²) in [6.45, 7) is 23.7. The van der Waals surface area contributed by atoms with Crippen LogP contribution in [0, 0.1) is 0 Å². The molecule has 0 heterocycles. The molecule has 0 aliphatic carbocycles. The monoisotopic (exact) mass is 494 g/mol. The fourth-order valence-electron chi connectivity index (χ4n) is 4.90. The van der Waals surface area contributed by atoms with Crippen LogP contribution in [0.3, 0.4) is 0 Å². The first-order valence-electron chi connectivity index (χ1n) is 12.4. The summed E-state index contributed by atoms with van der Waals surface area (Å²) < 4.78 is 0. The first kappa shape index (κ1) is 29.3. The van der Waals surface area contributed by atoms with E-state index in [-0.39, 0.29) is 27.5 Å². The maximum Gasteiger partial charge on any atom is 0.336 e. The maximum atomic E-state index is 14.0. The normalized spacial score (nSPS) is 13.0. The number of hydrogen-bond donors (Lipinski definition) is 2. The van der Waals surface area contributed by atoms with Gasteiger partial charge in [-0.3, -0.25) is 4.79 Å². The molecule has 5 nitrogen and oxygen atoms in total. The van der Waals surface area contributed by atoms with Gasteiger partial charge in [0.05, 0.1) is 11.1 Å². The minimum absolute atomic E-state index is 0.0388. The number of benzene rings is 2. The second-order valence-electron chi connectivity index (χ2n) is 13.8. The average molecular weight is 495 g/mol. The molecule has 0 spiro atoms. The number of hydrogen-bond acceptors (Lipinski definition) is 3. The molecule has 0 aromatic heterocycles. The van der Waals surface area contributed by atoms with Gasteiger partial charge in [-0.1, -0.05) is 95.2 Å². The Balaban J connectivity index is 3.06. The quantitative estimate of drug-likeness (QED) is 0.429. The van der Waals surface area contributed by atoms with Gasteiger partial charge in [0.15, 0.2) is 5.78 Å². The van der Waals surface area contributed by atoms with E-state index >= 15 is 0 Å². The number of carbonyl (C=O) groups excluding carboxylic acids is 1. The zero-order valence-corrected chi connectivity index (χ0v) is 23.9. The Labute approximate surface area is 215 Å². The molecule has 2 rings (SSSR count). The van der Waals surface area contributed by atoms with E-state index in [1.54, 1.807) is 6.07 Å². The van der Waals surface area contributed by atoms with Crippen molar-refractivity contribution < 1.29 is 24.6 Å². The van der Waals surface area contributed by atoms with Crippen LogP contribution in [0.1, 0.15) is 142 Å². The van der Waals surface area contributed by atoms with Crippen molar-refractivity contribution in [3.05, 3.63) is 68.8 Å². The average Bonchev–Trinajstić information content (AvgIpc) is 2.68. The summed E-state index contributed by atoms with van der Waals surface area (Å²) in [6, 6.07) is 6.75. The van der Waals surface area contributed by atoms with Gasteiger partial charge < -0.3 is 10.2 Å². The minimum atomic E-state index is -1.24. The third-order valence-corrected chi connectivity index (χ3v) is 6.41. The molecule has 2 N–H and O–H groups in total. The summed E-state index contributed by atoms with van der Waals surface area (Å²) in [5.74, 6) is -2.92. The molecule has 0 unspecified atom stereocenters. The number of rotatable bonds is 4. The number of carboxylic acid groups (broad SMARTS) is 2. The van der Waals surface area contributed by atoms with Crippen LogP contribution in [0.25, 0.3) is 0 Å². The molecular weight excluding hydrogens is 452 g/mol. The van der Waals surface area contributed by atoms with E-state index in [2.05, 4.69) is 41.5 Å². The van der Waals surface area contributed by atoms with Gasteiger partial charge in [-0.15, -0.1) is 0 Å². The van der Waals surface area contributed by atoms with Crippen molar-refractivity contribution in [2.24, 2.45) is 0 Å². The number of carboxylic acids is 2. The highest BCUT2D eigenvalue weighted by Gasteiger charge is 2.38. The van der Waals surface area contributed by atoms with Crippen molar-refractivity contribution in [2.75, 3.05) is 0 Å². The second-order valence-corrected chi connectivity index (χ2v) is 13.8. The van der Waals surface area contributed by atoms with Crippen LogP contribution in [0.2, 0.25) is 0 Å². The van der Waals surface area contributed by atoms with Gasteiger partial charge in [0.2, 0.25) is 0 Å². The molecule has 36 heavy (non-hydrogen) atoms. The van der Waals surface area contributed by atoms with Crippen LogP contribution in [0.5, 0.6) is 0 Å². The summed E-state index contributed by atoms with van der Waals surface area (Å²) in [4.78, 5) is 39.1. The van der Waals surface area contributed by atoms with E-state index < -0.39 is 28.6 Å². The Morgan fingerprint density at radius 1 is 0.556 bits per heavy atom. The molecule has 0 bridgehead atoms. The molecule has 0 aliphatic heterocycles. The molecule has 2 aromatic carbocycles. The van der Waals surface area contributed by atoms with Crippen molar-refractivity contribution in [3.63, 3.8) is 0 Å². The van der Waals surface area contributed by atoms with E-state index in [1.165, 1.54) is 6.07 Å². The van der Waals surface area contributed by atoms with Gasteiger partial charge in [0, 0.05) is 11.1 Å². The Hall–Kier alpha value is -2.95. The molecule has 0 saturated carbocycles. The SMILES string of the molecule is CC(C)(C)c1ccc(C(=O)c2cc(C(=O)O)c(C(C)(C)C)c(C(C)(C)C)c2C(=O)O)cc1C(C)(C)C. The maximum absolute atomic E-state index is 14.0. The van der Waals surface area contributed by atoms with Gasteiger partial charge in [-0.05, 0) is 56.0 Å². The Bertz CT molecular complexity index is 1220. The third-order valence-electron chi connectivity index (χ3n) is 6.41. The van der Waals surface area contributed by atoms with Gasteiger partial charge in [0.25, 0.3) is 0 Å². The van der Waals surface area contributed by atoms with Crippen molar-refractivity contribution in [3.8, 4) is 0 Å². The fourth-order valence-corrected chi connectivity index (χ4v) is 4.90. The second kappa shape index (κ2) is 9.17. The number of carbonyl (C=O) groups is 3. The summed E-state index contributed by atoms with van der Waals surface area (Å²) >= 11 is 0. The van der Waals surface area contributed by atoms with Crippen LogP contribution in [-0.4, -0.2) is 27.9 Å². The Morgan fingerprint density at radius 2 is 1.03 bits per heavy atom. The molecule has 0 amide bonds. The molecule has 0 radical (unpaired) electrons. The van der Waals surface area contributed by atoms with E-state index in [4.69, 9.17) is 0 Å². The number of aromatic carboxylic acids is 2. The van der Waals surface area contributed by atoms with Crippen LogP contribution in [-0.2, 0) is 21.7 Å². The van der Waals surface area contributed by atoms with Crippen LogP contribution < -0.4 is 0 Å². The first-order valence-corrected chi connectivity index (χ1v) is 12.4. The van der Waals surface area contributed by atoms with Crippen LogP contribution in [0.15, 0.2) is 24.3 Å². The molecule has 5 heteroatoms. The third kappa shape index (κ3) is 5.71. The highest BCUT2D eigenvalue weighted by Crippen LogP contribution is 2.41. The van der Waals surface area contributed by atoms with Crippen molar-refractivity contribution in [1.29, 1.82) is 0 Å². The first-order chi connectivity index (χ1) is 16.0. The summed E-state index contributed by atoms with van der Waals surface area (Å²) in [5.41, 5.74) is 1.23. The molecule has 0 atom stereocenters. The van der Waals surface area contributed by atoms with Gasteiger partial charge in [-0.25, -0.2) is 9.59 Å². The molecular formula is C31H42O5. The molecule has 2 aromatic rings. The molecule has 0 fully saturated rings. The topological polar surface area (TPSA) is 91.7 Å². The molecule has 0 aliphatic rings. The van der Waals surface area contributed by atoms with E-state index in [0.29, 0.717) is 16.7 Å². The minimum Gasteiger partial charge on any atom is -0.478 e. The van der Waals surface area contributed by atoms with Crippen LogP contribution in [0.4, 0.5) is 0 Å². The molecule has 0 saturated heterocycles. The van der Waals surface area contributed by atoms with E-state index in [0.717, 1.165) is 11.1 Å². The van der Waals surface area contributed by atoms with E-state index in [9.17, 15) is 24.6 Å². The lowest BCUT2D eigenvalue weighted by molar-refractivity contribution is 0.0674. The van der Waals surface area contributed by atoms with Crippen LogP contribution >= 0.6 is 0 Å². The zero-order valence-electron chi connectivity index (χ0n) is 23.9. The Kier molecular flexibility index (Phi) is 7.46. The van der Waals surface area contributed by atoms with Gasteiger partial charge >= 0.3 is 11.9 Å². The summed E-state index contributed by atoms with van der Waals surface area (Å²) in [6.07, 6.45) is 0. The van der Waals surface area contributed by atoms with E-state index in [1.807, 2.05) is 53.7 Å². The number of ketones is 1. The summed E-state index contributed by atoms with van der Waals surface area (Å²) in [5, 5.41) is 20.5. The van der Waals surface area contributed by atoms with Crippen molar-refractivity contribution in [1.82, 2.24) is 0 Å². The highest BCUT2D eigenvalue weighted by molar-refractivity contribution is 6.16. The van der Waals surface area contributed by atoms with Gasteiger partial charge in [-0.2, -0.15) is 0 Å². The lowest BCUT2D eigenvalue weighted by Gasteiger charge is -2.34. The highest BCUT2D eigenvalue weighted by atomic mass is 16.4. The smallest absolute Gasteiger partial charge is 0.336 e. The predicted octanol–water partition coefficient (Wildman–Crippen LogP) is 7.50. The Morgan fingerprint density at radius 3 is 1.39 bits per heavy atom. The summed E-state index contributed by atoms with van der Waals surface area (Å²) in [7, 11) is 0. The lowest BCUT2D eigenvalue weighted by Crippen LogP contribution is -2.30. The molecule has 196 valence electrons. The standard InChI is InChI=1S/C31H42O5/c1-28(2,3)20-14-13-17(15-21(20)29(4,5)6)25(32)18-16-19(26(33)34)23(30(7,8)9)24(31(10,11)12)22(18)27(35)36/h13-16H,1-12H3,(H,33,34)(H,35,36). The largest absolute Gasteiger partial charge is 0.478 e. The van der Waals surface area contributed by atoms with Crippen molar-refractivity contribution >= 4 is 17.7 Å². The zero-order chi connectivity index (χ0) is 28.2. The van der Waals surface area contributed by atoms with Gasteiger partial charge in [0.1, 0.15) is 0 Å². The van der Waals surface area contributed by atoms with Crippen molar-refractivity contribution in [2.45, 2.75) is 105 Å². The lowest BCUT2D eigenvalue weighted by atomic mass is 9.69.